The highest BCUT2D eigenvalue weighted by Crippen LogP contribution is 2.34. The lowest BCUT2D eigenvalue weighted by Crippen LogP contribution is -2.39. The van der Waals surface area contributed by atoms with E-state index in [1.807, 2.05) is 18.2 Å². The Balaban J connectivity index is 2.04. The molecule has 21 heavy (non-hydrogen) atoms. The van der Waals surface area contributed by atoms with Gasteiger partial charge in [0, 0.05) is 18.7 Å². The summed E-state index contributed by atoms with van der Waals surface area (Å²) in [6.45, 7) is 5.36. The van der Waals surface area contributed by atoms with Crippen molar-refractivity contribution in [1.82, 2.24) is 4.90 Å². The van der Waals surface area contributed by atoms with Gasteiger partial charge in [0.05, 0.1) is 19.3 Å². The van der Waals surface area contributed by atoms with Crippen LogP contribution in [0.5, 0.6) is 5.75 Å². The van der Waals surface area contributed by atoms with E-state index < -0.39 is 0 Å². The van der Waals surface area contributed by atoms with Crippen LogP contribution in [0.15, 0.2) is 48.5 Å². The Kier molecular flexibility index (Phi) is 4.23. The molecular formula is C18H21NO2. The summed E-state index contributed by atoms with van der Waals surface area (Å²) in [5.74, 6) is 0.357. The summed E-state index contributed by atoms with van der Waals surface area (Å²) in [7, 11) is 0. The van der Waals surface area contributed by atoms with E-state index in [0.29, 0.717) is 5.75 Å². The minimum Gasteiger partial charge on any atom is -0.508 e. The quantitative estimate of drug-likeness (QED) is 0.939. The summed E-state index contributed by atoms with van der Waals surface area (Å²) in [5.41, 5.74) is 3.42. The molecule has 1 heterocycles. The van der Waals surface area contributed by atoms with Gasteiger partial charge in [-0.15, -0.1) is 0 Å². The van der Waals surface area contributed by atoms with Crippen LogP contribution in [0.3, 0.4) is 0 Å². The number of hydrogen-bond acceptors (Lipinski definition) is 3. The summed E-state index contributed by atoms with van der Waals surface area (Å²) in [6, 6.07) is 16.2. The van der Waals surface area contributed by atoms with Gasteiger partial charge in [0.2, 0.25) is 0 Å². The first-order valence-electron chi connectivity index (χ1n) is 7.42. The molecule has 110 valence electrons. The number of phenolic OH excluding ortho intramolecular Hbond substituents is 1. The first-order chi connectivity index (χ1) is 10.3. The van der Waals surface area contributed by atoms with E-state index in [1.165, 1.54) is 11.1 Å². The fourth-order valence-corrected chi connectivity index (χ4v) is 2.98. The Morgan fingerprint density at radius 3 is 2.52 bits per heavy atom. The number of nitrogens with zero attached hydrogens (tertiary/aromatic N) is 1. The van der Waals surface area contributed by atoms with Gasteiger partial charge < -0.3 is 9.84 Å². The first kappa shape index (κ1) is 14.1. The van der Waals surface area contributed by atoms with Crippen LogP contribution in [-0.2, 0) is 4.74 Å². The van der Waals surface area contributed by atoms with Gasteiger partial charge in [0.25, 0.3) is 0 Å². The van der Waals surface area contributed by atoms with Crippen molar-refractivity contribution in [3.05, 3.63) is 65.2 Å². The molecule has 1 saturated heterocycles. The lowest BCUT2D eigenvalue weighted by atomic mass is 9.95. The van der Waals surface area contributed by atoms with Gasteiger partial charge in [-0.1, -0.05) is 48.0 Å². The van der Waals surface area contributed by atoms with Crippen molar-refractivity contribution in [3.8, 4) is 5.75 Å². The Bertz CT molecular complexity index is 606. The van der Waals surface area contributed by atoms with Crippen molar-refractivity contribution in [2.75, 3.05) is 26.3 Å². The summed E-state index contributed by atoms with van der Waals surface area (Å²) < 4.78 is 5.47. The minimum atomic E-state index is 0.0787. The molecule has 0 aliphatic carbocycles. The second-order valence-corrected chi connectivity index (χ2v) is 5.52. The fraction of sp³-hybridized carbons (Fsp3) is 0.333. The van der Waals surface area contributed by atoms with Crippen molar-refractivity contribution < 1.29 is 9.84 Å². The fourth-order valence-electron chi connectivity index (χ4n) is 2.98. The summed E-state index contributed by atoms with van der Waals surface area (Å²) in [5, 5.41) is 10.3. The molecule has 2 aromatic rings. The molecule has 1 N–H and O–H groups in total. The second-order valence-electron chi connectivity index (χ2n) is 5.52. The number of aryl methyl sites for hydroxylation is 1. The predicted molar refractivity (Wildman–Crippen MR) is 83.5 cm³/mol. The van der Waals surface area contributed by atoms with E-state index in [1.54, 1.807) is 6.07 Å². The lowest BCUT2D eigenvalue weighted by molar-refractivity contribution is 0.0235. The van der Waals surface area contributed by atoms with Crippen LogP contribution < -0.4 is 0 Å². The van der Waals surface area contributed by atoms with Gasteiger partial charge in [-0.2, -0.15) is 0 Å². The third-order valence-corrected chi connectivity index (χ3v) is 4.00. The van der Waals surface area contributed by atoms with E-state index in [9.17, 15) is 5.11 Å². The van der Waals surface area contributed by atoms with Crippen LogP contribution in [0.4, 0.5) is 0 Å². The average molecular weight is 283 g/mol. The van der Waals surface area contributed by atoms with Crippen LogP contribution in [0.2, 0.25) is 0 Å². The minimum absolute atomic E-state index is 0.0787. The number of ether oxygens (including phenoxy) is 1. The summed E-state index contributed by atoms with van der Waals surface area (Å²) >= 11 is 0. The SMILES string of the molecule is Cc1cccc(C(c2ccccc2O)N2CCOCC2)c1. The molecule has 0 saturated carbocycles. The van der Waals surface area contributed by atoms with Crippen LogP contribution >= 0.6 is 0 Å². The van der Waals surface area contributed by atoms with Crippen LogP contribution in [0, 0.1) is 6.92 Å². The molecule has 0 amide bonds. The molecular weight excluding hydrogens is 262 g/mol. The number of phenols is 1. The molecule has 2 aromatic carbocycles. The third-order valence-electron chi connectivity index (χ3n) is 4.00. The highest BCUT2D eigenvalue weighted by molar-refractivity contribution is 5.41. The van der Waals surface area contributed by atoms with Gasteiger partial charge >= 0.3 is 0 Å². The van der Waals surface area contributed by atoms with E-state index in [2.05, 4.69) is 36.1 Å². The number of morpholine rings is 1. The maximum atomic E-state index is 10.3. The topological polar surface area (TPSA) is 32.7 Å². The average Bonchev–Trinajstić information content (AvgIpc) is 2.51. The van der Waals surface area contributed by atoms with E-state index in [-0.39, 0.29) is 6.04 Å². The molecule has 1 unspecified atom stereocenters. The van der Waals surface area contributed by atoms with E-state index in [4.69, 9.17) is 4.74 Å². The maximum absolute atomic E-state index is 10.3. The second kappa shape index (κ2) is 6.29. The highest BCUT2D eigenvalue weighted by Gasteiger charge is 2.26. The first-order valence-corrected chi connectivity index (χ1v) is 7.42. The largest absolute Gasteiger partial charge is 0.508 e. The van der Waals surface area contributed by atoms with Crippen LogP contribution in [0.1, 0.15) is 22.7 Å². The Labute approximate surface area is 125 Å². The Morgan fingerprint density at radius 1 is 1.05 bits per heavy atom. The van der Waals surface area contributed by atoms with Crippen LogP contribution in [0.25, 0.3) is 0 Å². The van der Waals surface area contributed by atoms with E-state index in [0.717, 1.165) is 31.9 Å². The molecule has 0 spiro atoms. The molecule has 1 aliphatic heterocycles. The molecule has 3 rings (SSSR count). The summed E-state index contributed by atoms with van der Waals surface area (Å²) in [4.78, 5) is 2.38. The van der Waals surface area contributed by atoms with Gasteiger partial charge in [0.1, 0.15) is 5.75 Å². The highest BCUT2D eigenvalue weighted by atomic mass is 16.5. The van der Waals surface area contributed by atoms with E-state index >= 15 is 0 Å². The van der Waals surface area contributed by atoms with Crippen molar-refractivity contribution >= 4 is 0 Å². The predicted octanol–water partition coefficient (Wildman–Crippen LogP) is 3.12. The van der Waals surface area contributed by atoms with Gasteiger partial charge in [-0.3, -0.25) is 4.90 Å². The van der Waals surface area contributed by atoms with Gasteiger partial charge in [-0.05, 0) is 18.6 Å². The monoisotopic (exact) mass is 283 g/mol. The Hall–Kier alpha value is -1.84. The van der Waals surface area contributed by atoms with Crippen molar-refractivity contribution in [2.45, 2.75) is 13.0 Å². The molecule has 3 heteroatoms. The normalized spacial score (nSPS) is 17.6. The third kappa shape index (κ3) is 3.09. The molecule has 1 aliphatic rings. The number of hydrogen-bond donors (Lipinski definition) is 1. The zero-order valence-electron chi connectivity index (χ0n) is 12.3. The smallest absolute Gasteiger partial charge is 0.120 e. The molecule has 0 radical (unpaired) electrons. The number of rotatable bonds is 3. The molecule has 1 fully saturated rings. The molecule has 0 bridgehead atoms. The number of benzene rings is 2. The lowest BCUT2D eigenvalue weighted by Gasteiger charge is -2.35. The zero-order chi connectivity index (χ0) is 14.7. The molecule has 3 nitrogen and oxygen atoms in total. The zero-order valence-corrected chi connectivity index (χ0v) is 12.3. The maximum Gasteiger partial charge on any atom is 0.120 e. The van der Waals surface area contributed by atoms with Crippen molar-refractivity contribution in [2.24, 2.45) is 0 Å². The molecule has 0 aromatic heterocycles. The Morgan fingerprint density at radius 2 is 1.81 bits per heavy atom. The van der Waals surface area contributed by atoms with Crippen LogP contribution in [-0.4, -0.2) is 36.3 Å². The standard InChI is InChI=1S/C18H21NO2/c1-14-5-4-6-15(13-14)18(19-9-11-21-12-10-19)16-7-2-3-8-17(16)20/h2-8,13,18,20H,9-12H2,1H3. The van der Waals surface area contributed by atoms with Crippen molar-refractivity contribution in [3.63, 3.8) is 0 Å². The van der Waals surface area contributed by atoms with Gasteiger partial charge in [0.15, 0.2) is 0 Å². The molecule has 1 atom stereocenters. The number of para-hydroxylation sites is 1. The summed E-state index contributed by atoms with van der Waals surface area (Å²) in [6.07, 6.45) is 0. The number of aromatic hydroxyl groups is 1. The van der Waals surface area contributed by atoms with Crippen molar-refractivity contribution in [1.29, 1.82) is 0 Å². The van der Waals surface area contributed by atoms with Gasteiger partial charge in [-0.25, -0.2) is 0 Å².